The zero-order valence-corrected chi connectivity index (χ0v) is 12.9. The molecule has 1 N–H and O–H groups in total. The number of methoxy groups -OCH3 is 1. The number of nitrogens with one attached hydrogen (secondary N) is 1. The van der Waals surface area contributed by atoms with E-state index in [0.717, 1.165) is 11.3 Å². The summed E-state index contributed by atoms with van der Waals surface area (Å²) >= 11 is 0. The highest BCUT2D eigenvalue weighted by Crippen LogP contribution is 2.20. The number of benzene rings is 1. The topological polar surface area (TPSA) is 69.0 Å². The van der Waals surface area contributed by atoms with Gasteiger partial charge in [-0.15, -0.1) is 0 Å². The highest BCUT2D eigenvalue weighted by atomic mass is 16.5. The van der Waals surface area contributed by atoms with Crippen molar-refractivity contribution in [3.8, 4) is 11.4 Å². The number of hydrogen-bond donors (Lipinski definition) is 1. The standard InChI is InChI=1S/C17H16N4O2/c1-12-8-9-18-15(10-12)19-17(22)16-14(23-2)11-21(20-16)13-6-4-3-5-7-13/h3-11H,1-2H3,(H,18,19,22). The Hall–Kier alpha value is -3.15. The van der Waals surface area contributed by atoms with Crippen LogP contribution in [0.4, 0.5) is 5.82 Å². The number of ether oxygens (including phenoxy) is 1. The number of hydrogen-bond acceptors (Lipinski definition) is 4. The lowest BCUT2D eigenvalue weighted by Gasteiger charge is -2.04. The molecular weight excluding hydrogens is 292 g/mol. The molecule has 2 aromatic heterocycles. The molecule has 0 bridgehead atoms. The summed E-state index contributed by atoms with van der Waals surface area (Å²) in [6.45, 7) is 1.93. The highest BCUT2D eigenvalue weighted by molar-refractivity contribution is 6.04. The third kappa shape index (κ3) is 3.21. The predicted octanol–water partition coefficient (Wildman–Crippen LogP) is 2.84. The van der Waals surface area contributed by atoms with Crippen molar-refractivity contribution < 1.29 is 9.53 Å². The Labute approximate surface area is 133 Å². The zero-order chi connectivity index (χ0) is 16.2. The number of rotatable bonds is 4. The van der Waals surface area contributed by atoms with Gasteiger partial charge in [-0.1, -0.05) is 18.2 Å². The monoisotopic (exact) mass is 308 g/mol. The Morgan fingerprint density at radius 1 is 1.22 bits per heavy atom. The van der Waals surface area contributed by atoms with E-state index < -0.39 is 0 Å². The van der Waals surface area contributed by atoms with Crippen molar-refractivity contribution in [1.29, 1.82) is 0 Å². The lowest BCUT2D eigenvalue weighted by atomic mass is 10.3. The fourth-order valence-corrected chi connectivity index (χ4v) is 2.16. The van der Waals surface area contributed by atoms with Crippen molar-refractivity contribution >= 4 is 11.7 Å². The maximum absolute atomic E-state index is 12.4. The van der Waals surface area contributed by atoms with Gasteiger partial charge in [0.2, 0.25) is 0 Å². The molecule has 0 aliphatic heterocycles. The van der Waals surface area contributed by atoms with Crippen molar-refractivity contribution in [3.63, 3.8) is 0 Å². The number of para-hydroxylation sites is 1. The zero-order valence-electron chi connectivity index (χ0n) is 12.9. The van der Waals surface area contributed by atoms with Crippen LogP contribution in [-0.2, 0) is 0 Å². The van der Waals surface area contributed by atoms with E-state index in [1.807, 2.05) is 43.3 Å². The molecule has 2 heterocycles. The van der Waals surface area contributed by atoms with Gasteiger partial charge in [0.1, 0.15) is 5.82 Å². The van der Waals surface area contributed by atoms with Gasteiger partial charge in [0.15, 0.2) is 11.4 Å². The molecule has 6 nitrogen and oxygen atoms in total. The Kier molecular flexibility index (Phi) is 4.05. The predicted molar refractivity (Wildman–Crippen MR) is 87.0 cm³/mol. The number of pyridine rings is 1. The fraction of sp³-hybridized carbons (Fsp3) is 0.118. The van der Waals surface area contributed by atoms with Gasteiger partial charge in [0.05, 0.1) is 19.0 Å². The number of nitrogens with zero attached hydrogens (tertiary/aromatic N) is 3. The third-order valence-electron chi connectivity index (χ3n) is 3.29. The normalized spacial score (nSPS) is 10.3. The molecule has 1 amide bonds. The summed E-state index contributed by atoms with van der Waals surface area (Å²) < 4.78 is 6.87. The van der Waals surface area contributed by atoms with Gasteiger partial charge in [0.25, 0.3) is 5.91 Å². The number of aryl methyl sites for hydroxylation is 1. The van der Waals surface area contributed by atoms with Crippen LogP contribution in [0.3, 0.4) is 0 Å². The molecule has 1 aromatic carbocycles. The first-order valence-electron chi connectivity index (χ1n) is 7.10. The molecule has 0 saturated carbocycles. The minimum absolute atomic E-state index is 0.208. The van der Waals surface area contributed by atoms with Gasteiger partial charge in [-0.25, -0.2) is 9.67 Å². The second-order valence-corrected chi connectivity index (χ2v) is 5.00. The molecule has 0 aliphatic carbocycles. The first-order valence-corrected chi connectivity index (χ1v) is 7.10. The van der Waals surface area contributed by atoms with E-state index in [0.29, 0.717) is 11.6 Å². The second kappa shape index (κ2) is 6.31. The Morgan fingerprint density at radius 3 is 2.70 bits per heavy atom. The average Bonchev–Trinajstić information content (AvgIpc) is 3.00. The summed E-state index contributed by atoms with van der Waals surface area (Å²) in [6.07, 6.45) is 3.32. The molecule has 0 atom stereocenters. The molecule has 6 heteroatoms. The number of aromatic nitrogens is 3. The van der Waals surface area contributed by atoms with Crippen LogP contribution in [-0.4, -0.2) is 27.8 Å². The van der Waals surface area contributed by atoms with Crippen molar-refractivity contribution in [1.82, 2.24) is 14.8 Å². The van der Waals surface area contributed by atoms with Crippen LogP contribution in [0.1, 0.15) is 16.1 Å². The van der Waals surface area contributed by atoms with Crippen LogP contribution in [0.2, 0.25) is 0 Å². The van der Waals surface area contributed by atoms with E-state index in [4.69, 9.17) is 4.74 Å². The second-order valence-electron chi connectivity index (χ2n) is 5.00. The molecule has 3 rings (SSSR count). The maximum atomic E-state index is 12.4. The van der Waals surface area contributed by atoms with Crippen LogP contribution in [0.5, 0.6) is 5.75 Å². The first-order chi connectivity index (χ1) is 11.2. The molecule has 0 spiro atoms. The number of amides is 1. The SMILES string of the molecule is COc1cn(-c2ccccc2)nc1C(=O)Nc1cc(C)ccn1. The van der Waals surface area contributed by atoms with Crippen LogP contribution in [0.25, 0.3) is 5.69 Å². The van der Waals surface area contributed by atoms with E-state index >= 15 is 0 Å². The fourth-order valence-electron chi connectivity index (χ4n) is 2.16. The summed E-state index contributed by atoms with van der Waals surface area (Å²) in [4.78, 5) is 16.6. The lowest BCUT2D eigenvalue weighted by molar-refractivity contribution is 0.101. The van der Waals surface area contributed by atoms with Crippen LogP contribution in [0, 0.1) is 6.92 Å². The Bertz CT molecular complexity index is 828. The van der Waals surface area contributed by atoms with Crippen molar-refractivity contribution in [2.75, 3.05) is 12.4 Å². The number of carbonyl (C=O) groups excluding carboxylic acids is 1. The number of carbonyl (C=O) groups is 1. The molecule has 0 aliphatic rings. The molecule has 0 fully saturated rings. The molecule has 0 saturated heterocycles. The van der Waals surface area contributed by atoms with E-state index in [9.17, 15) is 4.79 Å². The molecule has 23 heavy (non-hydrogen) atoms. The van der Waals surface area contributed by atoms with Gasteiger partial charge in [-0.3, -0.25) is 4.79 Å². The van der Waals surface area contributed by atoms with E-state index in [-0.39, 0.29) is 11.6 Å². The van der Waals surface area contributed by atoms with E-state index in [1.54, 1.807) is 23.1 Å². The number of anilines is 1. The summed E-state index contributed by atoms with van der Waals surface area (Å²) in [5.74, 6) is 0.514. The molecule has 116 valence electrons. The summed E-state index contributed by atoms with van der Waals surface area (Å²) in [6, 6.07) is 13.2. The van der Waals surface area contributed by atoms with Crippen LogP contribution < -0.4 is 10.1 Å². The summed E-state index contributed by atoms with van der Waals surface area (Å²) in [5.41, 5.74) is 2.07. The quantitative estimate of drug-likeness (QED) is 0.804. The largest absolute Gasteiger partial charge is 0.493 e. The molecule has 0 unspecified atom stereocenters. The van der Waals surface area contributed by atoms with Crippen molar-refractivity contribution in [3.05, 3.63) is 66.1 Å². The first kappa shape index (κ1) is 14.8. The molecule has 0 radical (unpaired) electrons. The van der Waals surface area contributed by atoms with Crippen LogP contribution in [0.15, 0.2) is 54.9 Å². The van der Waals surface area contributed by atoms with E-state index in [2.05, 4.69) is 15.4 Å². The summed E-state index contributed by atoms with van der Waals surface area (Å²) in [5, 5.41) is 7.05. The Morgan fingerprint density at radius 2 is 2.00 bits per heavy atom. The summed E-state index contributed by atoms with van der Waals surface area (Å²) in [7, 11) is 1.51. The van der Waals surface area contributed by atoms with E-state index in [1.165, 1.54) is 7.11 Å². The average molecular weight is 308 g/mol. The van der Waals surface area contributed by atoms with Crippen molar-refractivity contribution in [2.45, 2.75) is 6.92 Å². The van der Waals surface area contributed by atoms with Crippen LogP contribution >= 0.6 is 0 Å². The highest BCUT2D eigenvalue weighted by Gasteiger charge is 2.18. The van der Waals surface area contributed by atoms with Gasteiger partial charge >= 0.3 is 0 Å². The minimum atomic E-state index is -0.366. The van der Waals surface area contributed by atoms with Gasteiger partial charge in [-0.05, 0) is 36.8 Å². The maximum Gasteiger partial charge on any atom is 0.281 e. The Balaban J connectivity index is 1.90. The molecule has 3 aromatic rings. The lowest BCUT2D eigenvalue weighted by Crippen LogP contribution is -2.15. The smallest absolute Gasteiger partial charge is 0.281 e. The van der Waals surface area contributed by atoms with Crippen molar-refractivity contribution in [2.24, 2.45) is 0 Å². The third-order valence-corrected chi connectivity index (χ3v) is 3.29. The van der Waals surface area contributed by atoms with Gasteiger partial charge < -0.3 is 10.1 Å². The minimum Gasteiger partial charge on any atom is -0.493 e. The molecular formula is C17H16N4O2. The van der Waals surface area contributed by atoms with Gasteiger partial charge in [0, 0.05) is 6.20 Å². The van der Waals surface area contributed by atoms with Gasteiger partial charge in [-0.2, -0.15) is 5.10 Å².